The number of benzene rings is 1. The number of rotatable bonds is 3. The Morgan fingerprint density at radius 1 is 1.53 bits per heavy atom. The molecule has 0 aliphatic carbocycles. The van der Waals surface area contributed by atoms with Gasteiger partial charge in [0.25, 0.3) is 5.91 Å². The molecule has 0 bridgehead atoms. The summed E-state index contributed by atoms with van der Waals surface area (Å²) >= 11 is 13.6. The van der Waals surface area contributed by atoms with Gasteiger partial charge < -0.3 is 10.0 Å². The zero-order valence-electron chi connectivity index (χ0n) is 10.5. The lowest BCUT2D eigenvalue weighted by Gasteiger charge is -2.27. The maximum atomic E-state index is 12.3. The highest BCUT2D eigenvalue weighted by atomic mass is 35.5. The van der Waals surface area contributed by atoms with E-state index in [1.54, 1.807) is 30.9 Å². The minimum atomic E-state index is -1.23. The summed E-state index contributed by atoms with van der Waals surface area (Å²) in [5, 5.41) is 11.2. The second-order valence-corrected chi connectivity index (χ2v) is 6.60. The summed E-state index contributed by atoms with van der Waals surface area (Å²) in [6.45, 7) is 0.338. The summed E-state index contributed by atoms with van der Waals surface area (Å²) in [5.74, 6) is 1.02. The van der Waals surface area contributed by atoms with Crippen molar-refractivity contribution in [2.24, 2.45) is 0 Å². The monoisotopic (exact) mass is 319 g/mol. The van der Waals surface area contributed by atoms with Crippen molar-refractivity contribution in [3.8, 4) is 0 Å². The smallest absolute Gasteiger partial charge is 0.255 e. The number of carbonyl (C=O) groups excluding carboxylic acids is 1. The summed E-state index contributed by atoms with van der Waals surface area (Å²) in [5.41, 5.74) is -0.455. The van der Waals surface area contributed by atoms with Crippen LogP contribution in [0.15, 0.2) is 18.2 Å². The molecule has 104 valence electrons. The largest absolute Gasteiger partial charge is 0.379 e. The SMILES string of the molecule is CN(Cc1cccc(Cl)c1Cl)C(=O)C1(O)CCSC1. The average Bonchev–Trinajstić information content (AvgIpc) is 2.82. The molecule has 1 atom stereocenters. The van der Waals surface area contributed by atoms with Gasteiger partial charge in [-0.1, -0.05) is 35.3 Å². The van der Waals surface area contributed by atoms with Crippen molar-refractivity contribution in [2.45, 2.75) is 18.6 Å². The first kappa shape index (κ1) is 15.0. The maximum absolute atomic E-state index is 12.3. The molecule has 1 saturated heterocycles. The predicted octanol–water partition coefficient (Wildman–Crippen LogP) is 2.82. The first-order chi connectivity index (χ1) is 8.94. The summed E-state index contributed by atoms with van der Waals surface area (Å²) in [7, 11) is 1.67. The Kier molecular flexibility index (Phi) is 4.66. The Bertz CT molecular complexity index is 490. The lowest BCUT2D eigenvalue weighted by Crippen LogP contribution is -2.47. The van der Waals surface area contributed by atoms with Crippen LogP contribution in [0.1, 0.15) is 12.0 Å². The summed E-state index contributed by atoms with van der Waals surface area (Å²) in [4.78, 5) is 13.8. The summed E-state index contributed by atoms with van der Waals surface area (Å²) in [6.07, 6.45) is 0.504. The molecule has 0 aromatic heterocycles. The van der Waals surface area contributed by atoms with Gasteiger partial charge in [0.2, 0.25) is 0 Å². The number of hydrogen-bond donors (Lipinski definition) is 1. The third-order valence-electron chi connectivity index (χ3n) is 3.18. The molecule has 19 heavy (non-hydrogen) atoms. The maximum Gasteiger partial charge on any atom is 0.255 e. The zero-order chi connectivity index (χ0) is 14.0. The van der Waals surface area contributed by atoms with E-state index in [9.17, 15) is 9.90 Å². The highest BCUT2D eigenvalue weighted by molar-refractivity contribution is 7.99. The van der Waals surface area contributed by atoms with Gasteiger partial charge in [-0.15, -0.1) is 0 Å². The predicted molar refractivity (Wildman–Crippen MR) is 79.8 cm³/mol. The van der Waals surface area contributed by atoms with E-state index in [0.717, 1.165) is 11.3 Å². The molecular formula is C13H15Cl2NO2S. The van der Waals surface area contributed by atoms with Crippen molar-refractivity contribution in [3.05, 3.63) is 33.8 Å². The molecule has 6 heteroatoms. The minimum Gasteiger partial charge on any atom is -0.379 e. The van der Waals surface area contributed by atoms with Gasteiger partial charge in [0.1, 0.15) is 0 Å². The number of aliphatic hydroxyl groups is 1. The van der Waals surface area contributed by atoms with Crippen molar-refractivity contribution in [2.75, 3.05) is 18.6 Å². The fourth-order valence-electron chi connectivity index (χ4n) is 2.08. The third-order valence-corrected chi connectivity index (χ3v) is 5.22. The van der Waals surface area contributed by atoms with Crippen LogP contribution < -0.4 is 0 Å². The van der Waals surface area contributed by atoms with E-state index in [1.807, 2.05) is 6.07 Å². The molecule has 0 radical (unpaired) electrons. The van der Waals surface area contributed by atoms with Gasteiger partial charge >= 0.3 is 0 Å². The van der Waals surface area contributed by atoms with Gasteiger partial charge in [0.15, 0.2) is 5.60 Å². The molecule has 1 aliphatic heterocycles. The molecule has 0 saturated carbocycles. The summed E-state index contributed by atoms with van der Waals surface area (Å²) < 4.78 is 0. The molecule has 3 nitrogen and oxygen atoms in total. The molecule has 1 unspecified atom stereocenters. The van der Waals surface area contributed by atoms with Gasteiger partial charge in [-0.25, -0.2) is 0 Å². The quantitative estimate of drug-likeness (QED) is 0.931. The molecule has 1 aliphatic rings. The molecule has 1 aromatic carbocycles. The van der Waals surface area contributed by atoms with E-state index >= 15 is 0 Å². The topological polar surface area (TPSA) is 40.5 Å². The number of likely N-dealkylation sites (N-methyl/N-ethyl adjacent to an activating group) is 1. The molecule has 1 fully saturated rings. The third kappa shape index (κ3) is 3.19. The Morgan fingerprint density at radius 2 is 2.26 bits per heavy atom. The van der Waals surface area contributed by atoms with Crippen LogP contribution in [0.5, 0.6) is 0 Å². The van der Waals surface area contributed by atoms with Crippen LogP contribution in [0.2, 0.25) is 10.0 Å². The van der Waals surface area contributed by atoms with Crippen LogP contribution in [0.4, 0.5) is 0 Å². The minimum absolute atomic E-state index is 0.256. The Hall–Kier alpha value is -0.420. The van der Waals surface area contributed by atoms with E-state index in [-0.39, 0.29) is 5.91 Å². The van der Waals surface area contributed by atoms with Crippen molar-refractivity contribution >= 4 is 40.9 Å². The van der Waals surface area contributed by atoms with Crippen LogP contribution >= 0.6 is 35.0 Å². The molecule has 1 aromatic rings. The standard InChI is InChI=1S/C13H15Cl2NO2S/c1-16(12(17)13(18)5-6-19-8-13)7-9-3-2-4-10(14)11(9)15/h2-4,18H,5-8H2,1H3. The first-order valence-electron chi connectivity index (χ1n) is 5.92. The normalized spacial score (nSPS) is 22.5. The van der Waals surface area contributed by atoms with E-state index in [1.165, 1.54) is 4.90 Å². The van der Waals surface area contributed by atoms with Crippen molar-refractivity contribution in [1.29, 1.82) is 0 Å². The fourth-order valence-corrected chi connectivity index (χ4v) is 3.69. The average molecular weight is 320 g/mol. The molecule has 2 rings (SSSR count). The molecular weight excluding hydrogens is 305 g/mol. The number of carbonyl (C=O) groups is 1. The number of hydrogen-bond acceptors (Lipinski definition) is 3. The van der Waals surface area contributed by atoms with E-state index in [0.29, 0.717) is 28.8 Å². The molecule has 0 spiro atoms. The second kappa shape index (κ2) is 5.92. The van der Waals surface area contributed by atoms with Crippen LogP contribution in [0.3, 0.4) is 0 Å². The number of thioether (sulfide) groups is 1. The van der Waals surface area contributed by atoms with E-state index in [4.69, 9.17) is 23.2 Å². The second-order valence-electron chi connectivity index (χ2n) is 4.71. The number of nitrogens with zero attached hydrogens (tertiary/aromatic N) is 1. The lowest BCUT2D eigenvalue weighted by molar-refractivity contribution is -0.147. The van der Waals surface area contributed by atoms with Crippen LogP contribution in [0, 0.1) is 0 Å². The molecule has 1 amide bonds. The van der Waals surface area contributed by atoms with Crippen molar-refractivity contribution < 1.29 is 9.90 Å². The van der Waals surface area contributed by atoms with Gasteiger partial charge in [-0.2, -0.15) is 11.8 Å². The van der Waals surface area contributed by atoms with Crippen molar-refractivity contribution in [1.82, 2.24) is 4.90 Å². The van der Waals surface area contributed by atoms with Crippen LogP contribution in [-0.2, 0) is 11.3 Å². The zero-order valence-corrected chi connectivity index (χ0v) is 12.9. The fraction of sp³-hybridized carbons (Fsp3) is 0.462. The first-order valence-corrected chi connectivity index (χ1v) is 7.84. The van der Waals surface area contributed by atoms with Gasteiger partial charge in [-0.05, 0) is 23.8 Å². The van der Waals surface area contributed by atoms with Gasteiger partial charge in [0.05, 0.1) is 10.0 Å². The van der Waals surface area contributed by atoms with Crippen LogP contribution in [0.25, 0.3) is 0 Å². The van der Waals surface area contributed by atoms with Crippen LogP contribution in [-0.4, -0.2) is 40.1 Å². The van der Waals surface area contributed by atoms with Crippen molar-refractivity contribution in [3.63, 3.8) is 0 Å². The highest BCUT2D eigenvalue weighted by Gasteiger charge is 2.41. The van der Waals surface area contributed by atoms with Gasteiger partial charge in [-0.3, -0.25) is 4.79 Å². The number of amides is 1. The Morgan fingerprint density at radius 3 is 2.89 bits per heavy atom. The van der Waals surface area contributed by atoms with Gasteiger partial charge in [0, 0.05) is 19.3 Å². The van der Waals surface area contributed by atoms with E-state index in [2.05, 4.69) is 0 Å². The van der Waals surface area contributed by atoms with E-state index < -0.39 is 5.60 Å². The Balaban J connectivity index is 2.10. The number of halogens is 2. The molecule has 1 N–H and O–H groups in total. The lowest BCUT2D eigenvalue weighted by atomic mass is 10.0. The Labute approximate surface area is 126 Å². The summed E-state index contributed by atoms with van der Waals surface area (Å²) in [6, 6.07) is 5.32. The molecule has 1 heterocycles. The highest BCUT2D eigenvalue weighted by Crippen LogP contribution is 2.31.